The molecule has 168 valence electrons. The van der Waals surface area contributed by atoms with Crippen molar-refractivity contribution in [2.75, 3.05) is 30.4 Å². The number of nitrogens with zero attached hydrogens (tertiary/aromatic N) is 4. The van der Waals surface area contributed by atoms with Gasteiger partial charge in [-0.25, -0.2) is 8.78 Å². The van der Waals surface area contributed by atoms with E-state index < -0.39 is 5.92 Å². The van der Waals surface area contributed by atoms with Crippen LogP contribution in [0.1, 0.15) is 48.2 Å². The molecule has 32 heavy (non-hydrogen) atoms. The molecule has 3 heterocycles. The average molecular weight is 440 g/mol. The predicted octanol–water partition coefficient (Wildman–Crippen LogP) is 4.77. The molecule has 3 aromatic rings. The van der Waals surface area contributed by atoms with Gasteiger partial charge in [0.05, 0.1) is 35.2 Å². The van der Waals surface area contributed by atoms with Crippen LogP contribution in [0.15, 0.2) is 30.5 Å². The van der Waals surface area contributed by atoms with Gasteiger partial charge < -0.3 is 15.0 Å². The Morgan fingerprint density at radius 3 is 2.91 bits per heavy atom. The van der Waals surface area contributed by atoms with Gasteiger partial charge in [-0.15, -0.1) is 5.10 Å². The normalized spacial score (nSPS) is 20.5. The molecule has 0 radical (unpaired) electrons. The fraction of sp³-hybridized carbons (Fsp3) is 0.458. The zero-order valence-electron chi connectivity index (χ0n) is 18.5. The number of methoxy groups -OCH3 is 1. The number of alkyl halides is 2. The van der Waals surface area contributed by atoms with E-state index in [1.807, 2.05) is 26.1 Å². The van der Waals surface area contributed by atoms with Gasteiger partial charge in [0, 0.05) is 37.6 Å². The maximum atomic E-state index is 14.2. The number of anilines is 2. The van der Waals surface area contributed by atoms with E-state index in [-0.39, 0.29) is 24.1 Å². The monoisotopic (exact) mass is 439 g/mol. The Balaban J connectivity index is 1.49. The Morgan fingerprint density at radius 2 is 2.12 bits per heavy atom. The minimum atomic E-state index is -2.75. The van der Waals surface area contributed by atoms with Crippen molar-refractivity contribution >= 4 is 22.4 Å². The molecule has 2 aliphatic rings. The predicted molar refractivity (Wildman–Crippen MR) is 120 cm³/mol. The number of hydrogen-bond acceptors (Lipinski definition) is 6. The summed E-state index contributed by atoms with van der Waals surface area (Å²) in [7, 11) is 1.74. The van der Waals surface area contributed by atoms with Crippen LogP contribution in [0.5, 0.6) is 0 Å². The number of aromatic nitrogens is 3. The zero-order chi connectivity index (χ0) is 22.5. The van der Waals surface area contributed by atoms with Crippen molar-refractivity contribution in [2.24, 2.45) is 0 Å². The van der Waals surface area contributed by atoms with Crippen LogP contribution < -0.4 is 10.2 Å². The minimum absolute atomic E-state index is 0.134. The molecule has 1 fully saturated rings. The number of pyridine rings is 1. The molecule has 0 bridgehead atoms. The molecule has 5 rings (SSSR count). The van der Waals surface area contributed by atoms with Gasteiger partial charge in [-0.2, -0.15) is 5.10 Å². The van der Waals surface area contributed by atoms with Crippen LogP contribution in [0, 0.1) is 6.92 Å². The molecule has 1 aliphatic heterocycles. The van der Waals surface area contributed by atoms with Crippen LogP contribution in [-0.4, -0.2) is 41.5 Å². The van der Waals surface area contributed by atoms with Crippen molar-refractivity contribution in [3.8, 4) is 0 Å². The molecule has 1 aromatic carbocycles. The van der Waals surface area contributed by atoms with Crippen LogP contribution in [0.3, 0.4) is 0 Å². The van der Waals surface area contributed by atoms with Crippen LogP contribution in [0.25, 0.3) is 10.9 Å². The third kappa shape index (κ3) is 3.56. The number of hydrogen-bond donors (Lipinski definition) is 1. The first kappa shape index (κ1) is 21.0. The number of halogens is 2. The van der Waals surface area contributed by atoms with E-state index in [2.05, 4.69) is 31.5 Å². The van der Waals surface area contributed by atoms with E-state index in [0.29, 0.717) is 12.2 Å². The second-order valence-corrected chi connectivity index (χ2v) is 8.76. The first-order chi connectivity index (χ1) is 15.4. The van der Waals surface area contributed by atoms with Gasteiger partial charge in [0.1, 0.15) is 0 Å². The lowest BCUT2D eigenvalue weighted by molar-refractivity contribution is -0.00184. The minimum Gasteiger partial charge on any atom is -0.380 e. The summed E-state index contributed by atoms with van der Waals surface area (Å²) in [5, 5.41) is 13.0. The van der Waals surface area contributed by atoms with Crippen LogP contribution in [-0.2, 0) is 17.1 Å². The van der Waals surface area contributed by atoms with Crippen molar-refractivity contribution in [3.05, 3.63) is 52.8 Å². The van der Waals surface area contributed by atoms with Crippen LogP contribution in [0.2, 0.25) is 0 Å². The molecule has 2 atom stereocenters. The van der Waals surface area contributed by atoms with E-state index in [1.54, 1.807) is 19.2 Å². The summed E-state index contributed by atoms with van der Waals surface area (Å²) < 4.78 is 34.0. The van der Waals surface area contributed by atoms with Crippen molar-refractivity contribution in [2.45, 2.75) is 51.2 Å². The molecule has 2 aromatic heterocycles. The van der Waals surface area contributed by atoms with E-state index in [9.17, 15) is 8.78 Å². The number of aryl methyl sites for hydroxylation is 1. The first-order valence-corrected chi connectivity index (χ1v) is 11.0. The Bertz CT molecular complexity index is 1170. The summed E-state index contributed by atoms with van der Waals surface area (Å²) in [6.45, 7) is 5.59. The molecule has 0 amide bonds. The van der Waals surface area contributed by atoms with E-state index >= 15 is 0 Å². The lowest BCUT2D eigenvalue weighted by atomic mass is 9.97. The molecule has 0 saturated carbocycles. The molecule has 6 nitrogen and oxygen atoms in total. The zero-order valence-corrected chi connectivity index (χ0v) is 18.5. The highest BCUT2D eigenvalue weighted by Gasteiger charge is 2.40. The lowest BCUT2D eigenvalue weighted by Gasteiger charge is -2.21. The smallest absolute Gasteiger partial charge is 0.273 e. The fourth-order valence-electron chi connectivity index (χ4n) is 4.91. The average Bonchev–Trinajstić information content (AvgIpc) is 3.40. The quantitative estimate of drug-likeness (QED) is 0.618. The van der Waals surface area contributed by atoms with Crippen molar-refractivity contribution in [1.29, 1.82) is 0 Å². The van der Waals surface area contributed by atoms with Crippen molar-refractivity contribution in [1.82, 2.24) is 15.2 Å². The highest BCUT2D eigenvalue weighted by Crippen LogP contribution is 2.44. The molecule has 1 aliphatic carbocycles. The number of fused-ring (bicyclic) bond motifs is 2. The second kappa shape index (κ2) is 7.92. The van der Waals surface area contributed by atoms with Gasteiger partial charge in [0.2, 0.25) is 0 Å². The topological polar surface area (TPSA) is 63.2 Å². The number of nitrogens with one attached hydrogen (secondary N) is 1. The maximum absolute atomic E-state index is 14.2. The van der Waals surface area contributed by atoms with Gasteiger partial charge in [-0.3, -0.25) is 4.98 Å². The third-order valence-electron chi connectivity index (χ3n) is 6.73. The molecule has 0 spiro atoms. The summed E-state index contributed by atoms with van der Waals surface area (Å²) in [6, 6.07) is 7.05. The summed E-state index contributed by atoms with van der Waals surface area (Å²) in [6.07, 6.45) is 3.32. The molecule has 1 saturated heterocycles. The van der Waals surface area contributed by atoms with Crippen LogP contribution >= 0.6 is 0 Å². The fourth-order valence-corrected chi connectivity index (χ4v) is 4.91. The number of ether oxygens (including phenoxy) is 1. The Kier molecular flexibility index (Phi) is 5.20. The highest BCUT2D eigenvalue weighted by atomic mass is 19.3. The van der Waals surface area contributed by atoms with E-state index in [0.717, 1.165) is 52.9 Å². The van der Waals surface area contributed by atoms with Gasteiger partial charge in [-0.1, -0.05) is 18.2 Å². The Labute approximate surface area is 186 Å². The number of rotatable bonds is 5. The first-order valence-electron chi connectivity index (χ1n) is 11.0. The van der Waals surface area contributed by atoms with E-state index in [1.165, 1.54) is 0 Å². The van der Waals surface area contributed by atoms with Gasteiger partial charge >= 0.3 is 0 Å². The summed E-state index contributed by atoms with van der Waals surface area (Å²) >= 11 is 0. The SMILES string of the molecule is CO[C@H]1CCN(c2cnc3c(C)nnc(N[C@H](C)c4cccc5c4CCC5(F)F)c3c2)C1. The molecule has 8 heteroatoms. The van der Waals surface area contributed by atoms with Crippen molar-refractivity contribution < 1.29 is 13.5 Å². The summed E-state index contributed by atoms with van der Waals surface area (Å²) in [5.41, 5.74) is 4.31. The highest BCUT2D eigenvalue weighted by molar-refractivity contribution is 5.92. The summed E-state index contributed by atoms with van der Waals surface area (Å²) in [4.78, 5) is 6.93. The third-order valence-corrected chi connectivity index (χ3v) is 6.73. The maximum Gasteiger partial charge on any atom is 0.273 e. The van der Waals surface area contributed by atoms with Gasteiger partial charge in [0.25, 0.3) is 5.92 Å². The standard InChI is InChI=1S/C24H27F2N5O/c1-14(18-5-4-6-21-19(18)7-9-24(21,25)26)28-23-20-11-16(31-10-8-17(13-31)32-3)12-27-22(20)15(2)29-30-23/h4-6,11-12,14,17H,7-10,13H2,1-3H3,(H,28,30)/t14-,17+/m1/s1. The number of benzene rings is 1. The van der Waals surface area contributed by atoms with Crippen LogP contribution in [0.4, 0.5) is 20.3 Å². The largest absolute Gasteiger partial charge is 0.380 e. The Hall–Kier alpha value is -2.87. The van der Waals surface area contributed by atoms with Gasteiger partial charge in [0.15, 0.2) is 5.82 Å². The Morgan fingerprint density at radius 1 is 1.28 bits per heavy atom. The van der Waals surface area contributed by atoms with E-state index in [4.69, 9.17) is 4.74 Å². The molecule has 1 N–H and O–H groups in total. The summed E-state index contributed by atoms with van der Waals surface area (Å²) in [5.74, 6) is -2.15. The lowest BCUT2D eigenvalue weighted by Crippen LogP contribution is -2.22. The molecular weight excluding hydrogens is 412 g/mol. The second-order valence-electron chi connectivity index (χ2n) is 8.76. The molecule has 0 unspecified atom stereocenters. The van der Waals surface area contributed by atoms with Gasteiger partial charge in [-0.05, 0) is 43.9 Å². The molecular formula is C24H27F2N5O. The van der Waals surface area contributed by atoms with Crippen molar-refractivity contribution in [3.63, 3.8) is 0 Å².